The first-order valence-electron chi connectivity index (χ1n) is 9.17. The first kappa shape index (κ1) is 20.6. The van der Waals surface area contributed by atoms with Crippen molar-refractivity contribution in [2.24, 2.45) is 0 Å². The Hall–Kier alpha value is -2.18. The van der Waals surface area contributed by atoms with Crippen LogP contribution in [-0.4, -0.2) is 36.2 Å². The molecule has 1 aromatic carbocycles. The van der Waals surface area contributed by atoms with Gasteiger partial charge in [-0.1, -0.05) is 29.8 Å². The largest absolute Gasteiger partial charge is 0.455 e. The number of ether oxygens (including phenoxy) is 1. The van der Waals surface area contributed by atoms with Gasteiger partial charge < -0.3 is 9.64 Å². The standard InChI is InChI=1S/C21H22ClNO4S/c1-23(19(25)13-27-20(26)12-15-9-11-28-14-15)21(10-5-4-8-18(21)24)16-6-2-3-7-17(16)22/h2-3,6-7,9,11,14H,4-5,8,10,12-13H2,1H3/t21-/m1/s1. The highest BCUT2D eigenvalue weighted by Gasteiger charge is 2.47. The van der Waals surface area contributed by atoms with Crippen molar-refractivity contribution in [1.29, 1.82) is 0 Å². The van der Waals surface area contributed by atoms with Gasteiger partial charge in [-0.05, 0) is 47.7 Å². The average Bonchev–Trinajstić information content (AvgIpc) is 3.19. The molecule has 28 heavy (non-hydrogen) atoms. The van der Waals surface area contributed by atoms with Crippen molar-refractivity contribution < 1.29 is 19.1 Å². The topological polar surface area (TPSA) is 63.7 Å². The molecule has 0 unspecified atom stereocenters. The van der Waals surface area contributed by atoms with Gasteiger partial charge in [-0.3, -0.25) is 14.4 Å². The molecule has 0 spiro atoms. The van der Waals surface area contributed by atoms with Gasteiger partial charge >= 0.3 is 5.97 Å². The number of likely N-dealkylation sites (N-methyl/N-ethyl adjacent to an activating group) is 1. The van der Waals surface area contributed by atoms with Crippen LogP contribution in [0.15, 0.2) is 41.1 Å². The fourth-order valence-electron chi connectivity index (χ4n) is 3.69. The Morgan fingerprint density at radius 1 is 1.25 bits per heavy atom. The number of Topliss-reactive ketones (excluding diaryl/α,β-unsaturated/α-hetero) is 1. The van der Waals surface area contributed by atoms with Gasteiger partial charge in [0.25, 0.3) is 5.91 Å². The van der Waals surface area contributed by atoms with E-state index >= 15 is 0 Å². The van der Waals surface area contributed by atoms with Crippen LogP contribution in [0, 0.1) is 0 Å². The summed E-state index contributed by atoms with van der Waals surface area (Å²) < 4.78 is 5.17. The van der Waals surface area contributed by atoms with Gasteiger partial charge in [0.15, 0.2) is 12.4 Å². The third-order valence-electron chi connectivity index (χ3n) is 5.21. The van der Waals surface area contributed by atoms with Crippen LogP contribution in [-0.2, 0) is 31.1 Å². The Morgan fingerprint density at radius 3 is 2.71 bits per heavy atom. The number of esters is 1. The highest BCUT2D eigenvalue weighted by atomic mass is 35.5. The smallest absolute Gasteiger partial charge is 0.310 e. The van der Waals surface area contributed by atoms with Crippen LogP contribution >= 0.6 is 22.9 Å². The highest BCUT2D eigenvalue weighted by Crippen LogP contribution is 2.42. The van der Waals surface area contributed by atoms with Gasteiger partial charge in [-0.15, -0.1) is 0 Å². The normalized spacial score (nSPS) is 19.3. The summed E-state index contributed by atoms with van der Waals surface area (Å²) in [5.74, 6) is -0.928. The average molecular weight is 420 g/mol. The lowest BCUT2D eigenvalue weighted by molar-refractivity contribution is -0.157. The van der Waals surface area contributed by atoms with E-state index in [1.165, 1.54) is 16.2 Å². The number of amides is 1. The third-order valence-corrected chi connectivity index (χ3v) is 6.27. The van der Waals surface area contributed by atoms with Crippen LogP contribution in [0.3, 0.4) is 0 Å². The molecule has 1 atom stereocenters. The van der Waals surface area contributed by atoms with E-state index in [4.69, 9.17) is 16.3 Å². The molecule has 5 nitrogen and oxygen atoms in total. The first-order chi connectivity index (χ1) is 13.4. The van der Waals surface area contributed by atoms with E-state index in [1.54, 1.807) is 25.2 Å². The second-order valence-corrected chi connectivity index (χ2v) is 8.08. The molecular formula is C21H22ClNO4S. The molecule has 0 aliphatic heterocycles. The molecule has 1 aromatic heterocycles. The Morgan fingerprint density at radius 2 is 2.04 bits per heavy atom. The zero-order valence-electron chi connectivity index (χ0n) is 15.7. The molecular weight excluding hydrogens is 398 g/mol. The molecule has 0 saturated heterocycles. The number of halogens is 1. The van der Waals surface area contributed by atoms with Crippen LogP contribution in [0.1, 0.15) is 36.8 Å². The molecule has 7 heteroatoms. The van der Waals surface area contributed by atoms with E-state index in [9.17, 15) is 14.4 Å². The SMILES string of the molecule is CN(C(=O)COC(=O)Cc1ccsc1)[C@@]1(c2ccccc2Cl)CCCCC1=O. The van der Waals surface area contributed by atoms with E-state index in [-0.39, 0.29) is 12.2 Å². The van der Waals surface area contributed by atoms with Crippen LogP contribution in [0.2, 0.25) is 5.02 Å². The fourth-order valence-corrected chi connectivity index (χ4v) is 4.65. The lowest BCUT2D eigenvalue weighted by Gasteiger charge is -2.43. The number of carbonyl (C=O) groups is 3. The Balaban J connectivity index is 1.77. The van der Waals surface area contributed by atoms with Crippen molar-refractivity contribution in [3.8, 4) is 0 Å². The minimum absolute atomic E-state index is 0.0349. The fraction of sp³-hybridized carbons (Fsp3) is 0.381. The lowest BCUT2D eigenvalue weighted by atomic mass is 9.74. The van der Waals surface area contributed by atoms with E-state index in [0.717, 1.165) is 18.4 Å². The monoisotopic (exact) mass is 419 g/mol. The van der Waals surface area contributed by atoms with E-state index in [1.807, 2.05) is 22.9 Å². The molecule has 3 rings (SSSR count). The lowest BCUT2D eigenvalue weighted by Crippen LogP contribution is -2.55. The second-order valence-electron chi connectivity index (χ2n) is 6.89. The minimum Gasteiger partial charge on any atom is -0.455 e. The summed E-state index contributed by atoms with van der Waals surface area (Å²) in [5.41, 5.74) is 0.362. The number of ketones is 1. The summed E-state index contributed by atoms with van der Waals surface area (Å²) in [6.07, 6.45) is 2.62. The van der Waals surface area contributed by atoms with Crippen molar-refractivity contribution in [3.63, 3.8) is 0 Å². The summed E-state index contributed by atoms with van der Waals surface area (Å²) >= 11 is 7.89. The predicted octanol–water partition coefficient (Wildman–Crippen LogP) is 3.98. The maximum atomic E-state index is 13.0. The van der Waals surface area contributed by atoms with Gasteiger partial charge in [0.05, 0.1) is 6.42 Å². The number of nitrogens with zero attached hydrogens (tertiary/aromatic N) is 1. The number of hydrogen-bond donors (Lipinski definition) is 0. The zero-order valence-corrected chi connectivity index (χ0v) is 17.2. The van der Waals surface area contributed by atoms with Crippen molar-refractivity contribution in [2.45, 2.75) is 37.6 Å². The van der Waals surface area contributed by atoms with Crippen molar-refractivity contribution >= 4 is 40.6 Å². The zero-order chi connectivity index (χ0) is 20.1. The minimum atomic E-state index is -1.12. The number of carbonyl (C=O) groups excluding carboxylic acids is 3. The van der Waals surface area contributed by atoms with Gasteiger partial charge in [-0.25, -0.2) is 0 Å². The predicted molar refractivity (Wildman–Crippen MR) is 108 cm³/mol. The van der Waals surface area contributed by atoms with Crippen LogP contribution < -0.4 is 0 Å². The van der Waals surface area contributed by atoms with Crippen molar-refractivity contribution in [1.82, 2.24) is 4.90 Å². The van der Waals surface area contributed by atoms with Crippen LogP contribution in [0.25, 0.3) is 0 Å². The summed E-state index contributed by atoms with van der Waals surface area (Å²) in [6.45, 7) is -0.404. The van der Waals surface area contributed by atoms with E-state index in [2.05, 4.69) is 0 Å². The molecule has 2 aromatic rings. The molecule has 1 aliphatic carbocycles. The number of benzene rings is 1. The maximum Gasteiger partial charge on any atom is 0.310 e. The van der Waals surface area contributed by atoms with E-state index < -0.39 is 24.0 Å². The third kappa shape index (κ3) is 4.13. The number of rotatable bonds is 6. The van der Waals surface area contributed by atoms with Crippen LogP contribution in [0.5, 0.6) is 0 Å². The van der Waals surface area contributed by atoms with Gasteiger partial charge in [0, 0.05) is 24.1 Å². The molecule has 1 amide bonds. The molecule has 1 aliphatic rings. The summed E-state index contributed by atoms with van der Waals surface area (Å²) in [5, 5.41) is 4.19. The summed E-state index contributed by atoms with van der Waals surface area (Å²) in [7, 11) is 1.58. The molecule has 0 bridgehead atoms. The van der Waals surface area contributed by atoms with Crippen molar-refractivity contribution in [3.05, 3.63) is 57.2 Å². The first-order valence-corrected chi connectivity index (χ1v) is 10.5. The van der Waals surface area contributed by atoms with Gasteiger partial charge in [0.2, 0.25) is 0 Å². The molecule has 0 radical (unpaired) electrons. The maximum absolute atomic E-state index is 13.0. The Labute approximate surface area is 173 Å². The van der Waals surface area contributed by atoms with Gasteiger partial charge in [0.1, 0.15) is 5.54 Å². The summed E-state index contributed by atoms with van der Waals surface area (Å²) in [4.78, 5) is 39.3. The molecule has 0 N–H and O–H groups in total. The Bertz CT molecular complexity index is 867. The molecule has 1 fully saturated rings. The van der Waals surface area contributed by atoms with Crippen molar-refractivity contribution in [2.75, 3.05) is 13.7 Å². The quantitative estimate of drug-likeness (QED) is 0.664. The van der Waals surface area contributed by atoms with Gasteiger partial charge in [-0.2, -0.15) is 11.3 Å². The molecule has 1 heterocycles. The Kier molecular flexibility index (Phi) is 6.52. The van der Waals surface area contributed by atoms with Crippen LogP contribution in [0.4, 0.5) is 0 Å². The molecule has 148 valence electrons. The summed E-state index contributed by atoms with van der Waals surface area (Å²) in [6, 6.07) is 8.95. The molecule has 1 saturated carbocycles. The highest BCUT2D eigenvalue weighted by molar-refractivity contribution is 7.08. The number of thiophene rings is 1. The second kappa shape index (κ2) is 8.88. The van der Waals surface area contributed by atoms with E-state index in [0.29, 0.717) is 23.4 Å². The number of hydrogen-bond acceptors (Lipinski definition) is 5.